The SMILES string of the molecule is O=C1C2CCC(O2)C(=O)N1C1CCC(C(F)(F)F)NC1. The van der Waals surface area contributed by atoms with Gasteiger partial charge in [-0.1, -0.05) is 0 Å². The molecular formula is C12H15F3N2O3. The van der Waals surface area contributed by atoms with Crippen molar-refractivity contribution in [1.82, 2.24) is 10.2 Å². The number of carbonyl (C=O) groups excluding carboxylic acids is 2. The van der Waals surface area contributed by atoms with Crippen LogP contribution in [-0.4, -0.2) is 53.7 Å². The number of amides is 2. The Kier molecular flexibility index (Phi) is 3.24. The van der Waals surface area contributed by atoms with Gasteiger partial charge in [-0.05, 0) is 25.7 Å². The summed E-state index contributed by atoms with van der Waals surface area (Å²) in [7, 11) is 0. The van der Waals surface area contributed by atoms with E-state index in [1.165, 1.54) is 0 Å². The molecule has 3 aliphatic rings. The van der Waals surface area contributed by atoms with E-state index in [4.69, 9.17) is 4.74 Å². The topological polar surface area (TPSA) is 58.6 Å². The molecule has 0 spiro atoms. The Morgan fingerprint density at radius 1 is 1.05 bits per heavy atom. The Bertz CT molecular complexity index is 410. The third-order valence-electron chi connectivity index (χ3n) is 4.19. The lowest BCUT2D eigenvalue weighted by Crippen LogP contribution is -2.61. The minimum Gasteiger partial charge on any atom is -0.355 e. The average Bonchev–Trinajstić information content (AvgIpc) is 2.83. The fraction of sp³-hybridized carbons (Fsp3) is 0.833. The fourth-order valence-corrected chi connectivity index (χ4v) is 3.12. The van der Waals surface area contributed by atoms with Crippen LogP contribution in [0, 0.1) is 0 Å². The van der Waals surface area contributed by atoms with E-state index in [1.807, 2.05) is 0 Å². The monoisotopic (exact) mass is 292 g/mol. The molecule has 0 aromatic heterocycles. The van der Waals surface area contributed by atoms with Crippen LogP contribution in [0.4, 0.5) is 13.2 Å². The number of imide groups is 1. The third-order valence-corrected chi connectivity index (χ3v) is 4.19. The second kappa shape index (κ2) is 4.70. The van der Waals surface area contributed by atoms with Gasteiger partial charge in [-0.15, -0.1) is 0 Å². The van der Waals surface area contributed by atoms with Crippen molar-refractivity contribution < 1.29 is 27.5 Å². The molecular weight excluding hydrogens is 277 g/mol. The summed E-state index contributed by atoms with van der Waals surface area (Å²) in [5.74, 6) is -0.804. The van der Waals surface area contributed by atoms with Crippen LogP contribution in [-0.2, 0) is 14.3 Å². The van der Waals surface area contributed by atoms with Crippen molar-refractivity contribution in [2.45, 2.75) is 56.2 Å². The van der Waals surface area contributed by atoms with Crippen molar-refractivity contribution in [2.24, 2.45) is 0 Å². The number of likely N-dealkylation sites (tertiary alicyclic amines) is 1. The predicted octanol–water partition coefficient (Wildman–Crippen LogP) is 0.586. The van der Waals surface area contributed by atoms with Gasteiger partial charge in [0.15, 0.2) is 0 Å². The summed E-state index contributed by atoms with van der Waals surface area (Å²) >= 11 is 0. The standard InChI is InChI=1S/C12H15F3N2O3/c13-12(14,15)9-4-1-6(5-16-9)17-10(18)7-2-3-8(20-7)11(17)19/h6-9,16H,1-5H2. The lowest BCUT2D eigenvalue weighted by Gasteiger charge is -2.40. The first-order valence-electron chi connectivity index (χ1n) is 6.70. The first-order chi connectivity index (χ1) is 9.38. The smallest absolute Gasteiger partial charge is 0.355 e. The van der Waals surface area contributed by atoms with Crippen molar-refractivity contribution in [3.63, 3.8) is 0 Å². The van der Waals surface area contributed by atoms with E-state index in [1.54, 1.807) is 0 Å². The zero-order valence-corrected chi connectivity index (χ0v) is 10.7. The number of ether oxygens (including phenoxy) is 1. The molecule has 1 N–H and O–H groups in total. The maximum atomic E-state index is 12.6. The molecule has 3 rings (SSSR count). The number of hydrogen-bond donors (Lipinski definition) is 1. The summed E-state index contributed by atoms with van der Waals surface area (Å²) in [6.45, 7) is -0.0128. The van der Waals surface area contributed by atoms with Gasteiger partial charge in [-0.3, -0.25) is 14.5 Å². The van der Waals surface area contributed by atoms with Crippen LogP contribution >= 0.6 is 0 Å². The minimum absolute atomic E-state index is 0.0128. The molecule has 4 unspecified atom stereocenters. The number of nitrogens with zero attached hydrogens (tertiary/aromatic N) is 1. The van der Waals surface area contributed by atoms with Gasteiger partial charge in [-0.25, -0.2) is 0 Å². The zero-order valence-electron chi connectivity index (χ0n) is 10.7. The van der Waals surface area contributed by atoms with Gasteiger partial charge in [0.2, 0.25) is 0 Å². The van der Waals surface area contributed by atoms with E-state index in [2.05, 4.69) is 5.32 Å². The molecule has 20 heavy (non-hydrogen) atoms. The van der Waals surface area contributed by atoms with E-state index in [-0.39, 0.29) is 19.4 Å². The van der Waals surface area contributed by atoms with Crippen LogP contribution in [0.3, 0.4) is 0 Å². The van der Waals surface area contributed by atoms with Crippen molar-refractivity contribution in [2.75, 3.05) is 6.54 Å². The maximum absolute atomic E-state index is 12.6. The molecule has 5 nitrogen and oxygen atoms in total. The van der Waals surface area contributed by atoms with Crippen molar-refractivity contribution in [1.29, 1.82) is 0 Å². The third kappa shape index (κ3) is 2.20. The van der Waals surface area contributed by atoms with Crippen LogP contribution in [0.15, 0.2) is 0 Å². The first-order valence-corrected chi connectivity index (χ1v) is 6.70. The molecule has 0 aromatic carbocycles. The van der Waals surface area contributed by atoms with Crippen molar-refractivity contribution >= 4 is 11.8 Å². The van der Waals surface area contributed by atoms with Gasteiger partial charge in [0.05, 0.1) is 6.04 Å². The summed E-state index contributed by atoms with van der Waals surface area (Å²) in [6, 6.07) is -2.05. The van der Waals surface area contributed by atoms with E-state index in [9.17, 15) is 22.8 Å². The highest BCUT2D eigenvalue weighted by molar-refractivity contribution is 6.02. The van der Waals surface area contributed by atoms with Crippen LogP contribution in [0.2, 0.25) is 0 Å². The molecule has 0 radical (unpaired) electrons. The van der Waals surface area contributed by atoms with Gasteiger partial charge in [0, 0.05) is 6.54 Å². The maximum Gasteiger partial charge on any atom is 0.403 e. The number of morpholine rings is 1. The molecule has 3 aliphatic heterocycles. The molecule has 3 fully saturated rings. The lowest BCUT2D eigenvalue weighted by molar-refractivity contribution is -0.176. The van der Waals surface area contributed by atoms with Crippen molar-refractivity contribution in [3.05, 3.63) is 0 Å². The lowest BCUT2D eigenvalue weighted by atomic mass is 9.98. The van der Waals surface area contributed by atoms with Gasteiger partial charge in [0.25, 0.3) is 11.8 Å². The van der Waals surface area contributed by atoms with E-state index >= 15 is 0 Å². The van der Waals surface area contributed by atoms with Crippen LogP contribution in [0.25, 0.3) is 0 Å². The molecule has 2 amide bonds. The fourth-order valence-electron chi connectivity index (χ4n) is 3.12. The van der Waals surface area contributed by atoms with E-state index < -0.39 is 42.3 Å². The summed E-state index contributed by atoms with van der Waals surface area (Å²) in [5, 5.41) is 2.39. The molecule has 0 aliphatic carbocycles. The van der Waals surface area contributed by atoms with Crippen molar-refractivity contribution in [3.8, 4) is 0 Å². The zero-order chi connectivity index (χ0) is 14.5. The number of rotatable bonds is 1. The number of nitrogens with one attached hydrogen (secondary N) is 1. The highest BCUT2D eigenvalue weighted by Gasteiger charge is 2.50. The highest BCUT2D eigenvalue weighted by Crippen LogP contribution is 2.33. The highest BCUT2D eigenvalue weighted by atomic mass is 19.4. The van der Waals surface area contributed by atoms with Gasteiger partial charge < -0.3 is 10.1 Å². The Labute approximate surface area is 113 Å². The molecule has 0 aromatic rings. The Hall–Kier alpha value is -1.15. The van der Waals surface area contributed by atoms with E-state index in [0.717, 1.165) is 4.90 Å². The minimum atomic E-state index is -4.29. The van der Waals surface area contributed by atoms with Gasteiger partial charge in [-0.2, -0.15) is 13.2 Å². The Balaban J connectivity index is 1.69. The molecule has 4 atom stereocenters. The number of carbonyl (C=O) groups is 2. The molecule has 3 heterocycles. The average molecular weight is 292 g/mol. The molecule has 0 saturated carbocycles. The van der Waals surface area contributed by atoms with Gasteiger partial charge in [0.1, 0.15) is 18.2 Å². The number of alkyl halides is 3. The quantitative estimate of drug-likeness (QED) is 0.719. The summed E-state index contributed by atoms with van der Waals surface area (Å²) in [5.41, 5.74) is 0. The second-order valence-corrected chi connectivity index (χ2v) is 5.47. The normalized spacial score (nSPS) is 38.5. The first kappa shape index (κ1) is 13.8. The number of fused-ring (bicyclic) bond motifs is 2. The van der Waals surface area contributed by atoms with Crippen LogP contribution < -0.4 is 5.32 Å². The Morgan fingerprint density at radius 2 is 1.65 bits per heavy atom. The molecule has 8 heteroatoms. The van der Waals surface area contributed by atoms with Gasteiger partial charge >= 0.3 is 6.18 Å². The second-order valence-electron chi connectivity index (χ2n) is 5.47. The summed E-state index contributed by atoms with van der Waals surface area (Å²) in [6.07, 6.45) is -4.41. The summed E-state index contributed by atoms with van der Waals surface area (Å²) in [4.78, 5) is 25.3. The molecule has 3 saturated heterocycles. The predicted molar refractivity (Wildman–Crippen MR) is 60.6 cm³/mol. The number of hydrogen-bond acceptors (Lipinski definition) is 4. The molecule has 2 bridgehead atoms. The van der Waals surface area contributed by atoms with Crippen LogP contribution in [0.1, 0.15) is 25.7 Å². The van der Waals surface area contributed by atoms with Crippen LogP contribution in [0.5, 0.6) is 0 Å². The largest absolute Gasteiger partial charge is 0.403 e. The number of piperidine rings is 1. The summed E-state index contributed by atoms with van der Waals surface area (Å²) < 4.78 is 43.0. The Morgan fingerprint density at radius 3 is 2.10 bits per heavy atom. The number of halogens is 3. The van der Waals surface area contributed by atoms with E-state index in [0.29, 0.717) is 12.8 Å². The molecule has 112 valence electrons.